The highest BCUT2D eigenvalue weighted by molar-refractivity contribution is 5.83. The Kier molecular flexibility index (Phi) is 5.97. The molecule has 15 heavy (non-hydrogen) atoms. The molecule has 0 aliphatic heterocycles. The molecular weight excluding hydrogens is 184 g/mol. The molecule has 0 aromatic carbocycles. The van der Waals surface area contributed by atoms with Gasteiger partial charge in [0, 0.05) is 11.8 Å². The molecule has 0 radical (unpaired) electrons. The molecule has 0 aromatic rings. The minimum Gasteiger partial charge on any atom is -0.299 e. The summed E-state index contributed by atoms with van der Waals surface area (Å²) in [6, 6.07) is 0. The minimum atomic E-state index is 0.342. The van der Waals surface area contributed by atoms with Crippen molar-refractivity contribution >= 4 is 5.78 Å². The first-order valence-electron chi connectivity index (χ1n) is 6.83. The number of hydrogen-bond acceptors (Lipinski definition) is 1. The maximum atomic E-state index is 12.2. The van der Waals surface area contributed by atoms with Gasteiger partial charge in [0.2, 0.25) is 0 Å². The molecule has 0 spiro atoms. The third kappa shape index (κ3) is 3.96. The molecule has 1 saturated carbocycles. The van der Waals surface area contributed by atoms with Gasteiger partial charge in [-0.1, -0.05) is 46.0 Å². The van der Waals surface area contributed by atoms with Crippen molar-refractivity contribution in [3.05, 3.63) is 0 Å². The maximum Gasteiger partial charge on any atom is 0.139 e. The van der Waals surface area contributed by atoms with Crippen molar-refractivity contribution in [2.24, 2.45) is 11.8 Å². The minimum absolute atomic E-state index is 0.342. The molecule has 0 atom stereocenters. The average molecular weight is 210 g/mol. The average Bonchev–Trinajstić information content (AvgIpc) is 2.18. The Balaban J connectivity index is 2.47. The lowest BCUT2D eigenvalue weighted by atomic mass is 9.81. The van der Waals surface area contributed by atoms with Crippen LogP contribution < -0.4 is 0 Å². The van der Waals surface area contributed by atoms with Crippen LogP contribution in [0.2, 0.25) is 0 Å². The first-order valence-corrected chi connectivity index (χ1v) is 6.83. The molecular formula is C14H26O. The zero-order valence-corrected chi connectivity index (χ0v) is 10.4. The third-order valence-electron chi connectivity index (χ3n) is 3.90. The van der Waals surface area contributed by atoms with Crippen molar-refractivity contribution in [1.82, 2.24) is 0 Å². The van der Waals surface area contributed by atoms with Crippen LogP contribution in [0, 0.1) is 11.8 Å². The van der Waals surface area contributed by atoms with Crippen LogP contribution in [0.15, 0.2) is 0 Å². The van der Waals surface area contributed by atoms with Gasteiger partial charge < -0.3 is 0 Å². The molecule has 1 nitrogen and oxygen atoms in total. The number of hydrogen-bond donors (Lipinski definition) is 0. The van der Waals surface area contributed by atoms with Gasteiger partial charge in [-0.25, -0.2) is 0 Å². The highest BCUT2D eigenvalue weighted by Gasteiger charge is 2.24. The van der Waals surface area contributed by atoms with Crippen LogP contribution in [-0.2, 0) is 4.79 Å². The second kappa shape index (κ2) is 7.03. The van der Waals surface area contributed by atoms with Gasteiger partial charge in [-0.3, -0.25) is 4.79 Å². The largest absolute Gasteiger partial charge is 0.299 e. The third-order valence-corrected chi connectivity index (χ3v) is 3.90. The first-order chi connectivity index (χ1) is 7.29. The van der Waals surface area contributed by atoms with E-state index in [9.17, 15) is 4.79 Å². The Hall–Kier alpha value is -0.330. The Bertz CT molecular complexity index is 174. The number of carbonyl (C=O) groups is 1. The van der Waals surface area contributed by atoms with Gasteiger partial charge in [-0.15, -0.1) is 0 Å². The normalized spacial score (nSPS) is 19.9. The molecule has 0 bridgehead atoms. The molecule has 88 valence electrons. The van der Waals surface area contributed by atoms with Crippen LogP contribution >= 0.6 is 0 Å². The monoisotopic (exact) mass is 210 g/mol. The summed E-state index contributed by atoms with van der Waals surface area (Å²) in [7, 11) is 0. The molecule has 0 saturated heterocycles. The van der Waals surface area contributed by atoms with E-state index in [0.29, 0.717) is 17.6 Å². The fraction of sp³-hybridized carbons (Fsp3) is 0.929. The summed E-state index contributed by atoms with van der Waals surface area (Å²) < 4.78 is 0. The van der Waals surface area contributed by atoms with Crippen molar-refractivity contribution in [2.75, 3.05) is 0 Å². The summed E-state index contributed by atoms with van der Waals surface area (Å²) in [6.07, 6.45) is 11.0. The Labute approximate surface area is 94.6 Å². The van der Waals surface area contributed by atoms with E-state index in [4.69, 9.17) is 0 Å². The summed E-state index contributed by atoms with van der Waals surface area (Å²) >= 11 is 0. The van der Waals surface area contributed by atoms with E-state index in [1.165, 1.54) is 32.1 Å². The van der Waals surface area contributed by atoms with Gasteiger partial charge in [0.1, 0.15) is 5.78 Å². The van der Waals surface area contributed by atoms with Crippen LogP contribution in [0.3, 0.4) is 0 Å². The molecule has 1 aliphatic carbocycles. The van der Waals surface area contributed by atoms with Crippen molar-refractivity contribution in [2.45, 2.75) is 71.6 Å². The van der Waals surface area contributed by atoms with E-state index in [-0.39, 0.29) is 0 Å². The van der Waals surface area contributed by atoms with Gasteiger partial charge in [-0.05, 0) is 25.7 Å². The summed E-state index contributed by atoms with van der Waals surface area (Å²) in [4.78, 5) is 12.2. The summed E-state index contributed by atoms with van der Waals surface area (Å²) in [5.74, 6) is 1.31. The highest BCUT2D eigenvalue weighted by atomic mass is 16.1. The van der Waals surface area contributed by atoms with E-state index in [2.05, 4.69) is 13.8 Å². The predicted octanol–water partition coefficient (Wildman–Crippen LogP) is 4.35. The Morgan fingerprint density at radius 3 is 1.93 bits per heavy atom. The van der Waals surface area contributed by atoms with Crippen molar-refractivity contribution in [3.8, 4) is 0 Å². The summed E-state index contributed by atoms with van der Waals surface area (Å²) in [5.41, 5.74) is 0. The molecule has 1 rings (SSSR count). The lowest BCUT2D eigenvalue weighted by molar-refractivity contribution is -0.127. The molecule has 0 amide bonds. The van der Waals surface area contributed by atoms with E-state index in [0.717, 1.165) is 25.7 Å². The molecule has 0 unspecified atom stereocenters. The van der Waals surface area contributed by atoms with Crippen LogP contribution in [0.1, 0.15) is 71.6 Å². The molecule has 1 aliphatic rings. The van der Waals surface area contributed by atoms with Crippen molar-refractivity contribution in [3.63, 3.8) is 0 Å². The molecule has 1 fully saturated rings. The van der Waals surface area contributed by atoms with Gasteiger partial charge >= 0.3 is 0 Å². The SMILES string of the molecule is CCC(CC)C(=O)C1CCCCCCC1. The highest BCUT2D eigenvalue weighted by Crippen LogP contribution is 2.27. The zero-order valence-electron chi connectivity index (χ0n) is 10.4. The fourth-order valence-electron chi connectivity index (χ4n) is 2.77. The summed E-state index contributed by atoms with van der Waals surface area (Å²) in [6.45, 7) is 4.30. The van der Waals surface area contributed by atoms with Crippen LogP contribution in [-0.4, -0.2) is 5.78 Å². The lowest BCUT2D eigenvalue weighted by Crippen LogP contribution is -2.23. The van der Waals surface area contributed by atoms with Gasteiger partial charge in [0.15, 0.2) is 0 Å². The smallest absolute Gasteiger partial charge is 0.139 e. The fourth-order valence-corrected chi connectivity index (χ4v) is 2.77. The van der Waals surface area contributed by atoms with Crippen molar-refractivity contribution < 1.29 is 4.79 Å². The number of carbonyl (C=O) groups excluding carboxylic acids is 1. The second-order valence-corrected chi connectivity index (χ2v) is 4.96. The first kappa shape index (κ1) is 12.7. The topological polar surface area (TPSA) is 17.1 Å². The Morgan fingerprint density at radius 2 is 1.47 bits per heavy atom. The van der Waals surface area contributed by atoms with Crippen molar-refractivity contribution in [1.29, 1.82) is 0 Å². The van der Waals surface area contributed by atoms with Crippen LogP contribution in [0.4, 0.5) is 0 Å². The second-order valence-electron chi connectivity index (χ2n) is 4.96. The van der Waals surface area contributed by atoms with Gasteiger partial charge in [0.05, 0.1) is 0 Å². The quantitative estimate of drug-likeness (QED) is 0.674. The maximum absolute atomic E-state index is 12.2. The van der Waals surface area contributed by atoms with E-state index < -0.39 is 0 Å². The predicted molar refractivity (Wildman–Crippen MR) is 64.9 cm³/mol. The standard InChI is InChI=1S/C14H26O/c1-3-12(4-2)14(15)13-10-8-6-5-7-9-11-13/h12-13H,3-11H2,1-2H3. The summed E-state index contributed by atoms with van der Waals surface area (Å²) in [5, 5.41) is 0. The lowest BCUT2D eigenvalue weighted by Gasteiger charge is -2.22. The molecule has 1 heteroatoms. The number of Topliss-reactive ketones (excluding diaryl/α,β-unsaturated/α-hetero) is 1. The van der Waals surface area contributed by atoms with E-state index in [1.54, 1.807) is 0 Å². The van der Waals surface area contributed by atoms with E-state index >= 15 is 0 Å². The van der Waals surface area contributed by atoms with Crippen LogP contribution in [0.5, 0.6) is 0 Å². The van der Waals surface area contributed by atoms with E-state index in [1.807, 2.05) is 0 Å². The Morgan fingerprint density at radius 1 is 1.00 bits per heavy atom. The molecule has 0 N–H and O–H groups in total. The molecule has 0 aromatic heterocycles. The van der Waals surface area contributed by atoms with Gasteiger partial charge in [-0.2, -0.15) is 0 Å². The van der Waals surface area contributed by atoms with Crippen LogP contribution in [0.25, 0.3) is 0 Å². The number of rotatable bonds is 4. The zero-order chi connectivity index (χ0) is 11.1. The van der Waals surface area contributed by atoms with Gasteiger partial charge in [0.25, 0.3) is 0 Å². The number of ketones is 1. The molecule has 0 heterocycles.